The number of aryl methyl sites for hydroxylation is 1. The monoisotopic (exact) mass is 251 g/mol. The Morgan fingerprint density at radius 3 is 2.94 bits per heavy atom. The SMILES string of the molecule is Cc1oncc1C(=O)Nc1cc(Cl)ccc1N. The van der Waals surface area contributed by atoms with E-state index in [1.807, 2.05) is 0 Å². The summed E-state index contributed by atoms with van der Waals surface area (Å²) in [6, 6.07) is 4.85. The van der Waals surface area contributed by atoms with E-state index in [1.165, 1.54) is 6.20 Å². The molecule has 0 aliphatic rings. The molecule has 0 aliphatic heterocycles. The summed E-state index contributed by atoms with van der Waals surface area (Å²) in [6.07, 6.45) is 1.35. The average molecular weight is 252 g/mol. The summed E-state index contributed by atoms with van der Waals surface area (Å²) in [5, 5.41) is 6.67. The van der Waals surface area contributed by atoms with Crippen molar-refractivity contribution in [3.63, 3.8) is 0 Å². The summed E-state index contributed by atoms with van der Waals surface area (Å²) in [5.41, 5.74) is 6.98. The van der Waals surface area contributed by atoms with Crippen LogP contribution in [0.15, 0.2) is 28.9 Å². The van der Waals surface area contributed by atoms with Crippen molar-refractivity contribution in [2.75, 3.05) is 11.1 Å². The van der Waals surface area contributed by atoms with Crippen molar-refractivity contribution in [3.8, 4) is 0 Å². The van der Waals surface area contributed by atoms with Crippen molar-refractivity contribution in [2.45, 2.75) is 6.92 Å². The molecule has 0 saturated heterocycles. The molecule has 3 N–H and O–H groups in total. The van der Waals surface area contributed by atoms with E-state index in [2.05, 4.69) is 10.5 Å². The number of nitrogens with two attached hydrogens (primary N) is 1. The molecule has 0 spiro atoms. The van der Waals surface area contributed by atoms with Crippen molar-refractivity contribution in [3.05, 3.63) is 40.7 Å². The molecule has 1 aromatic heterocycles. The predicted octanol–water partition coefficient (Wildman–Crippen LogP) is 2.47. The molecule has 0 fully saturated rings. The van der Waals surface area contributed by atoms with E-state index in [0.29, 0.717) is 27.7 Å². The van der Waals surface area contributed by atoms with Gasteiger partial charge < -0.3 is 15.6 Å². The van der Waals surface area contributed by atoms with E-state index >= 15 is 0 Å². The Bertz CT molecular complexity index is 566. The summed E-state index contributed by atoms with van der Waals surface area (Å²) in [7, 11) is 0. The molecule has 17 heavy (non-hydrogen) atoms. The zero-order chi connectivity index (χ0) is 12.4. The molecule has 0 atom stereocenters. The highest BCUT2D eigenvalue weighted by atomic mass is 35.5. The van der Waals surface area contributed by atoms with Gasteiger partial charge in [-0.05, 0) is 25.1 Å². The van der Waals surface area contributed by atoms with Gasteiger partial charge >= 0.3 is 0 Å². The van der Waals surface area contributed by atoms with Crippen LogP contribution in [-0.2, 0) is 0 Å². The molecule has 88 valence electrons. The smallest absolute Gasteiger partial charge is 0.260 e. The first-order chi connectivity index (χ1) is 8.08. The lowest BCUT2D eigenvalue weighted by molar-refractivity contribution is 0.102. The number of carbonyl (C=O) groups is 1. The minimum Gasteiger partial charge on any atom is -0.397 e. The minimum absolute atomic E-state index is 0.335. The van der Waals surface area contributed by atoms with Crippen molar-refractivity contribution >= 4 is 28.9 Å². The standard InChI is InChI=1S/C11H10ClN3O2/c1-6-8(5-14-17-6)11(16)15-10-4-7(12)2-3-9(10)13/h2-5H,13H2,1H3,(H,15,16). The van der Waals surface area contributed by atoms with E-state index in [-0.39, 0.29) is 5.91 Å². The van der Waals surface area contributed by atoms with Gasteiger partial charge in [-0.15, -0.1) is 0 Å². The zero-order valence-corrected chi connectivity index (χ0v) is 9.78. The van der Waals surface area contributed by atoms with Crippen molar-refractivity contribution in [1.29, 1.82) is 0 Å². The van der Waals surface area contributed by atoms with Crippen LogP contribution in [0, 0.1) is 6.92 Å². The number of anilines is 2. The summed E-state index contributed by atoms with van der Waals surface area (Å²) in [4.78, 5) is 11.8. The largest absolute Gasteiger partial charge is 0.397 e. The van der Waals surface area contributed by atoms with E-state index in [0.717, 1.165) is 0 Å². The topological polar surface area (TPSA) is 81.2 Å². The number of halogens is 1. The molecule has 2 rings (SSSR count). The van der Waals surface area contributed by atoms with Crippen LogP contribution in [0.5, 0.6) is 0 Å². The number of rotatable bonds is 2. The molecule has 1 heterocycles. The summed E-state index contributed by atoms with van der Waals surface area (Å²) in [6.45, 7) is 1.66. The molecule has 1 aromatic carbocycles. The molecule has 1 amide bonds. The number of aromatic nitrogens is 1. The van der Waals surface area contributed by atoms with Gasteiger partial charge in [0.25, 0.3) is 5.91 Å². The van der Waals surface area contributed by atoms with Crippen LogP contribution in [0.25, 0.3) is 0 Å². The highest BCUT2D eigenvalue weighted by Gasteiger charge is 2.14. The molecular formula is C11H10ClN3O2. The fourth-order valence-electron chi connectivity index (χ4n) is 1.34. The predicted molar refractivity (Wildman–Crippen MR) is 65.1 cm³/mol. The molecule has 2 aromatic rings. The number of benzene rings is 1. The van der Waals surface area contributed by atoms with E-state index in [1.54, 1.807) is 25.1 Å². The molecule has 0 bridgehead atoms. The Kier molecular flexibility index (Phi) is 3.01. The second kappa shape index (κ2) is 4.47. The fourth-order valence-corrected chi connectivity index (χ4v) is 1.52. The van der Waals surface area contributed by atoms with Gasteiger partial charge in [0.05, 0.1) is 17.6 Å². The van der Waals surface area contributed by atoms with Crippen molar-refractivity contribution in [1.82, 2.24) is 5.16 Å². The summed E-state index contributed by atoms with van der Waals surface area (Å²) in [5.74, 6) is 0.112. The lowest BCUT2D eigenvalue weighted by Gasteiger charge is -2.07. The summed E-state index contributed by atoms with van der Waals surface area (Å²) >= 11 is 5.82. The number of nitrogens with zero attached hydrogens (tertiary/aromatic N) is 1. The number of nitrogen functional groups attached to an aromatic ring is 1. The number of hydrogen-bond donors (Lipinski definition) is 2. The van der Waals surface area contributed by atoms with Crippen LogP contribution >= 0.6 is 11.6 Å². The number of nitrogens with one attached hydrogen (secondary N) is 1. The lowest BCUT2D eigenvalue weighted by atomic mass is 10.2. The molecule has 6 heteroatoms. The third-order valence-corrected chi connectivity index (χ3v) is 2.49. The Hall–Kier alpha value is -2.01. The third-order valence-electron chi connectivity index (χ3n) is 2.26. The maximum atomic E-state index is 11.8. The van der Waals surface area contributed by atoms with Gasteiger partial charge in [-0.3, -0.25) is 4.79 Å². The molecule has 0 unspecified atom stereocenters. The minimum atomic E-state index is -0.335. The van der Waals surface area contributed by atoms with Gasteiger partial charge in [0, 0.05) is 5.02 Å². The summed E-state index contributed by atoms with van der Waals surface area (Å²) < 4.78 is 4.81. The van der Waals surface area contributed by atoms with Gasteiger partial charge in [-0.1, -0.05) is 16.8 Å². The first-order valence-electron chi connectivity index (χ1n) is 4.85. The van der Waals surface area contributed by atoms with Crippen molar-refractivity contribution in [2.24, 2.45) is 0 Å². The third kappa shape index (κ3) is 2.39. The normalized spacial score (nSPS) is 10.2. The molecular weight excluding hydrogens is 242 g/mol. The van der Waals surface area contributed by atoms with E-state index in [9.17, 15) is 4.79 Å². The molecule has 0 saturated carbocycles. The van der Waals surface area contributed by atoms with E-state index < -0.39 is 0 Å². The molecule has 5 nitrogen and oxygen atoms in total. The maximum Gasteiger partial charge on any atom is 0.260 e. The highest BCUT2D eigenvalue weighted by molar-refractivity contribution is 6.31. The Morgan fingerprint density at radius 2 is 2.29 bits per heavy atom. The van der Waals surface area contributed by atoms with Gasteiger partial charge in [0.15, 0.2) is 0 Å². The van der Waals surface area contributed by atoms with Crippen molar-refractivity contribution < 1.29 is 9.32 Å². The molecule has 0 radical (unpaired) electrons. The number of hydrogen-bond acceptors (Lipinski definition) is 4. The number of amides is 1. The van der Waals surface area contributed by atoms with E-state index in [4.69, 9.17) is 21.9 Å². The van der Waals surface area contributed by atoms with Gasteiger partial charge in [0.2, 0.25) is 0 Å². The Balaban J connectivity index is 2.24. The van der Waals surface area contributed by atoms with Crippen LogP contribution < -0.4 is 11.1 Å². The van der Waals surface area contributed by atoms with Crippen LogP contribution in [0.2, 0.25) is 5.02 Å². The Labute approximate surface area is 103 Å². The van der Waals surface area contributed by atoms with Crippen LogP contribution in [0.4, 0.5) is 11.4 Å². The first-order valence-corrected chi connectivity index (χ1v) is 5.23. The zero-order valence-electron chi connectivity index (χ0n) is 9.03. The second-order valence-electron chi connectivity index (χ2n) is 3.48. The second-order valence-corrected chi connectivity index (χ2v) is 3.92. The maximum absolute atomic E-state index is 11.8. The van der Waals surface area contributed by atoms with Crippen LogP contribution in [0.3, 0.4) is 0 Å². The Morgan fingerprint density at radius 1 is 1.53 bits per heavy atom. The van der Waals surface area contributed by atoms with Gasteiger partial charge in [-0.2, -0.15) is 0 Å². The van der Waals surface area contributed by atoms with Gasteiger partial charge in [0.1, 0.15) is 11.3 Å². The average Bonchev–Trinajstić information content (AvgIpc) is 2.70. The first kappa shape index (κ1) is 11.5. The fraction of sp³-hybridized carbons (Fsp3) is 0.0909. The van der Waals surface area contributed by atoms with Gasteiger partial charge in [-0.25, -0.2) is 0 Å². The van der Waals surface area contributed by atoms with Crippen LogP contribution in [-0.4, -0.2) is 11.1 Å². The quantitative estimate of drug-likeness (QED) is 0.804. The lowest BCUT2D eigenvalue weighted by Crippen LogP contribution is -2.13. The van der Waals surface area contributed by atoms with Crippen LogP contribution in [0.1, 0.15) is 16.1 Å². The highest BCUT2D eigenvalue weighted by Crippen LogP contribution is 2.23. The molecule has 0 aliphatic carbocycles. The number of carbonyl (C=O) groups excluding carboxylic acids is 1.